The zero-order valence-electron chi connectivity index (χ0n) is 23.7. The van der Waals surface area contributed by atoms with Crippen molar-refractivity contribution in [3.05, 3.63) is 132 Å². The Kier molecular flexibility index (Phi) is 14.7. The average Bonchev–Trinajstić information content (AvgIpc) is 2.97. The van der Waals surface area contributed by atoms with Crippen molar-refractivity contribution in [2.45, 2.75) is 39.0 Å². The van der Waals surface area contributed by atoms with Gasteiger partial charge in [-0.3, -0.25) is 0 Å². The quantitative estimate of drug-likeness (QED) is 0.190. The van der Waals surface area contributed by atoms with Crippen LogP contribution in [0.3, 0.4) is 0 Å². The lowest BCUT2D eigenvalue weighted by atomic mass is 9.94. The number of amides is 2. The van der Waals surface area contributed by atoms with Gasteiger partial charge < -0.3 is 54.1 Å². The van der Waals surface area contributed by atoms with Crippen LogP contribution in [0, 0.1) is 0 Å². The van der Waals surface area contributed by atoms with Crippen LogP contribution in [-0.2, 0) is 22.6 Å². The molecule has 0 saturated carbocycles. The van der Waals surface area contributed by atoms with Crippen LogP contribution in [-0.4, -0.2) is 25.4 Å². The lowest BCUT2D eigenvalue weighted by Crippen LogP contribution is -3.00. The SMILES string of the molecule is CCOC(=O)NC(c1cc[n+](Cc2ccccc2)cc1)C(NC(=O)OCC)c1cc[n+](Cc2ccccc2)cc1.[Br-].[Br-]. The summed E-state index contributed by atoms with van der Waals surface area (Å²) in [5.41, 5.74) is 3.97. The highest BCUT2D eigenvalue weighted by Gasteiger charge is 2.30. The first kappa shape index (κ1) is 34.4. The maximum atomic E-state index is 12.7. The molecule has 0 saturated heterocycles. The van der Waals surface area contributed by atoms with E-state index in [1.54, 1.807) is 13.8 Å². The molecule has 0 aliphatic heterocycles. The number of carbonyl (C=O) groups is 2. The normalized spacial score (nSPS) is 11.6. The van der Waals surface area contributed by atoms with E-state index < -0.39 is 24.3 Å². The predicted octanol–water partition coefficient (Wildman–Crippen LogP) is -1.36. The van der Waals surface area contributed by atoms with Crippen molar-refractivity contribution >= 4 is 12.2 Å². The van der Waals surface area contributed by atoms with Crippen molar-refractivity contribution in [3.63, 3.8) is 0 Å². The van der Waals surface area contributed by atoms with Crippen LogP contribution in [0.5, 0.6) is 0 Å². The van der Waals surface area contributed by atoms with Gasteiger partial charge in [-0.15, -0.1) is 0 Å². The molecule has 0 aliphatic carbocycles. The summed E-state index contributed by atoms with van der Waals surface area (Å²) in [6.07, 6.45) is 6.70. The Morgan fingerprint density at radius 3 is 1.24 bits per heavy atom. The Morgan fingerprint density at radius 1 is 0.595 bits per heavy atom. The van der Waals surface area contributed by atoms with E-state index in [9.17, 15) is 9.59 Å². The Balaban J connectivity index is 0.00000308. The van der Waals surface area contributed by atoms with Crippen molar-refractivity contribution in [3.8, 4) is 0 Å². The fourth-order valence-electron chi connectivity index (χ4n) is 4.47. The number of hydrogen-bond acceptors (Lipinski definition) is 4. The summed E-state index contributed by atoms with van der Waals surface area (Å²) in [7, 11) is 0. The summed E-state index contributed by atoms with van der Waals surface area (Å²) < 4.78 is 14.6. The minimum absolute atomic E-state index is 0. The Hall–Kier alpha value is -3.76. The molecule has 0 aliphatic rings. The van der Waals surface area contributed by atoms with Crippen molar-refractivity contribution in [1.29, 1.82) is 0 Å². The van der Waals surface area contributed by atoms with E-state index in [0.29, 0.717) is 13.1 Å². The second-order valence-electron chi connectivity index (χ2n) is 9.26. The van der Waals surface area contributed by atoms with Gasteiger partial charge in [-0.25, -0.2) is 18.7 Å². The maximum Gasteiger partial charge on any atom is 0.407 e. The molecule has 42 heavy (non-hydrogen) atoms. The largest absolute Gasteiger partial charge is 1.00 e. The van der Waals surface area contributed by atoms with Gasteiger partial charge in [-0.1, -0.05) is 60.7 Å². The smallest absolute Gasteiger partial charge is 0.407 e. The van der Waals surface area contributed by atoms with E-state index in [2.05, 4.69) is 44.0 Å². The number of benzene rings is 2. The van der Waals surface area contributed by atoms with E-state index in [-0.39, 0.29) is 47.2 Å². The number of aromatic nitrogens is 2. The zero-order valence-corrected chi connectivity index (χ0v) is 26.8. The summed E-state index contributed by atoms with van der Waals surface area (Å²) in [4.78, 5) is 25.3. The van der Waals surface area contributed by atoms with Gasteiger partial charge in [0.1, 0.15) is 0 Å². The number of nitrogens with zero attached hydrogens (tertiary/aromatic N) is 2. The molecule has 0 fully saturated rings. The predicted molar refractivity (Wildman–Crippen MR) is 150 cm³/mol. The molecule has 0 bridgehead atoms. The molecule has 0 radical (unpaired) electrons. The van der Waals surface area contributed by atoms with Crippen LogP contribution in [0.1, 0.15) is 48.2 Å². The summed E-state index contributed by atoms with van der Waals surface area (Å²) in [5.74, 6) is 0. The van der Waals surface area contributed by atoms with Gasteiger partial charge in [0, 0.05) is 35.4 Å². The molecule has 4 aromatic rings. The lowest BCUT2D eigenvalue weighted by molar-refractivity contribution is -0.688. The van der Waals surface area contributed by atoms with Gasteiger partial charge in [-0.05, 0) is 25.0 Å². The van der Waals surface area contributed by atoms with Crippen LogP contribution in [0.4, 0.5) is 9.59 Å². The fraction of sp³-hybridized carbons (Fsp3) is 0.250. The van der Waals surface area contributed by atoms with Gasteiger partial charge in [-0.2, -0.15) is 0 Å². The molecular formula is C32H36Br2N4O4. The molecule has 2 unspecified atom stereocenters. The van der Waals surface area contributed by atoms with E-state index in [1.165, 1.54) is 11.1 Å². The van der Waals surface area contributed by atoms with Crippen molar-refractivity contribution in [1.82, 2.24) is 10.6 Å². The van der Waals surface area contributed by atoms with Crippen LogP contribution >= 0.6 is 0 Å². The molecule has 0 spiro atoms. The average molecular weight is 700 g/mol. The van der Waals surface area contributed by atoms with E-state index in [4.69, 9.17) is 9.47 Å². The highest BCUT2D eigenvalue weighted by molar-refractivity contribution is 5.70. The standard InChI is InChI=1S/C32H34N4O4.2BrH/c1-3-39-31(37)33-29(27-15-19-35(20-16-27)23-25-11-7-5-8-12-25)30(34-32(38)40-4-2)28-17-21-36(22-18-28)24-26-13-9-6-10-14-26;;/h5-22,29-30H,3-4,23-24H2,1-2H3;2*1H. The monoisotopic (exact) mass is 698 g/mol. The Labute approximate surface area is 268 Å². The summed E-state index contributed by atoms with van der Waals surface area (Å²) >= 11 is 0. The summed E-state index contributed by atoms with van der Waals surface area (Å²) in [6, 6.07) is 26.9. The second kappa shape index (κ2) is 17.9. The van der Waals surface area contributed by atoms with Crippen molar-refractivity contribution < 1.29 is 62.2 Å². The maximum absolute atomic E-state index is 12.7. The molecule has 2 atom stereocenters. The number of alkyl carbamates (subject to hydrolysis) is 2. The summed E-state index contributed by atoms with van der Waals surface area (Å²) in [5, 5.41) is 5.91. The first-order chi connectivity index (χ1) is 19.6. The number of pyridine rings is 2. The summed E-state index contributed by atoms with van der Waals surface area (Å²) in [6.45, 7) is 5.38. The van der Waals surface area contributed by atoms with Crippen molar-refractivity contribution in [2.24, 2.45) is 0 Å². The minimum Gasteiger partial charge on any atom is -1.00 e. The fourth-order valence-corrected chi connectivity index (χ4v) is 4.47. The zero-order chi connectivity index (χ0) is 28.2. The minimum atomic E-state index is -0.625. The molecule has 222 valence electrons. The number of rotatable bonds is 11. The first-order valence-electron chi connectivity index (χ1n) is 13.5. The third kappa shape index (κ3) is 10.3. The number of halogens is 2. The number of carbonyl (C=O) groups excluding carboxylic acids is 2. The third-order valence-electron chi connectivity index (χ3n) is 6.40. The van der Waals surface area contributed by atoms with Crippen molar-refractivity contribution in [2.75, 3.05) is 13.2 Å². The lowest BCUT2D eigenvalue weighted by Gasteiger charge is -2.28. The molecule has 2 aromatic heterocycles. The molecule has 10 heteroatoms. The van der Waals surface area contributed by atoms with Crippen LogP contribution in [0.15, 0.2) is 110 Å². The topological polar surface area (TPSA) is 84.4 Å². The van der Waals surface area contributed by atoms with E-state index in [1.807, 2.05) is 85.5 Å². The molecular weight excluding hydrogens is 664 g/mol. The molecule has 2 aromatic carbocycles. The number of ether oxygens (including phenoxy) is 2. The third-order valence-corrected chi connectivity index (χ3v) is 6.40. The number of nitrogens with one attached hydrogen (secondary N) is 2. The molecule has 2 N–H and O–H groups in total. The second-order valence-corrected chi connectivity index (χ2v) is 9.26. The van der Waals surface area contributed by atoms with Gasteiger partial charge in [0.15, 0.2) is 37.9 Å². The van der Waals surface area contributed by atoms with Gasteiger partial charge in [0.2, 0.25) is 0 Å². The molecule has 2 amide bonds. The van der Waals surface area contributed by atoms with Gasteiger partial charge in [0.25, 0.3) is 0 Å². The number of hydrogen-bond donors (Lipinski definition) is 2. The van der Waals surface area contributed by atoms with Crippen LogP contribution in [0.25, 0.3) is 0 Å². The first-order valence-corrected chi connectivity index (χ1v) is 13.5. The molecule has 4 rings (SSSR count). The Morgan fingerprint density at radius 2 is 0.929 bits per heavy atom. The van der Waals surface area contributed by atoms with Crippen LogP contribution < -0.4 is 53.7 Å². The van der Waals surface area contributed by atoms with Gasteiger partial charge >= 0.3 is 12.2 Å². The highest BCUT2D eigenvalue weighted by Crippen LogP contribution is 2.29. The molecule has 2 heterocycles. The van der Waals surface area contributed by atoms with Gasteiger partial charge in [0.05, 0.1) is 25.3 Å². The van der Waals surface area contributed by atoms with Crippen LogP contribution in [0.2, 0.25) is 0 Å². The Bertz CT molecular complexity index is 1250. The van der Waals surface area contributed by atoms with E-state index >= 15 is 0 Å². The van der Waals surface area contributed by atoms with E-state index in [0.717, 1.165) is 11.1 Å². The molecule has 8 nitrogen and oxygen atoms in total. The highest BCUT2D eigenvalue weighted by atomic mass is 79.9.